The number of hydrogen-bond donors (Lipinski definition) is 0. The Bertz CT molecular complexity index is 1280. The van der Waals surface area contributed by atoms with Gasteiger partial charge in [-0.3, -0.25) is 0 Å². The molecule has 4 heteroatoms. The normalized spacial score (nSPS) is 11.7. The highest BCUT2D eigenvalue weighted by molar-refractivity contribution is 7.07. The SMILES string of the molecule is c1ccc(-c2ccc(N=c3scc(-c4ccccc4)n3Cc3ccco3)cc2)cc1. The summed E-state index contributed by atoms with van der Waals surface area (Å²) in [5.74, 6) is 0.909. The smallest absolute Gasteiger partial charge is 0.190 e. The molecule has 2 aromatic heterocycles. The van der Waals surface area contributed by atoms with Gasteiger partial charge in [0.1, 0.15) is 5.76 Å². The van der Waals surface area contributed by atoms with E-state index in [0.29, 0.717) is 6.54 Å². The first-order valence-electron chi connectivity index (χ1n) is 9.83. The van der Waals surface area contributed by atoms with Crippen molar-refractivity contribution in [1.29, 1.82) is 0 Å². The highest BCUT2D eigenvalue weighted by Gasteiger charge is 2.10. The lowest BCUT2D eigenvalue weighted by molar-refractivity contribution is 0.492. The molecular weight excluding hydrogens is 388 g/mol. The van der Waals surface area contributed by atoms with Gasteiger partial charge in [0, 0.05) is 5.38 Å². The molecule has 0 bridgehead atoms. The summed E-state index contributed by atoms with van der Waals surface area (Å²) >= 11 is 1.64. The van der Waals surface area contributed by atoms with Crippen molar-refractivity contribution in [3.05, 3.63) is 119 Å². The first-order valence-corrected chi connectivity index (χ1v) is 10.7. The van der Waals surface area contributed by atoms with Crippen molar-refractivity contribution in [2.24, 2.45) is 4.99 Å². The molecule has 2 heterocycles. The fraction of sp³-hybridized carbons (Fsp3) is 0.0385. The average Bonchev–Trinajstić information content (AvgIpc) is 3.46. The van der Waals surface area contributed by atoms with E-state index in [0.717, 1.165) is 21.9 Å². The zero-order chi connectivity index (χ0) is 20.2. The Morgan fingerprint density at radius 3 is 2.03 bits per heavy atom. The van der Waals surface area contributed by atoms with E-state index in [4.69, 9.17) is 9.41 Å². The number of hydrogen-bond acceptors (Lipinski definition) is 3. The minimum Gasteiger partial charge on any atom is -0.467 e. The molecule has 0 aliphatic carbocycles. The Morgan fingerprint density at radius 1 is 0.700 bits per heavy atom. The van der Waals surface area contributed by atoms with Gasteiger partial charge in [-0.05, 0) is 41.0 Å². The Balaban J connectivity index is 1.55. The number of rotatable bonds is 5. The maximum Gasteiger partial charge on any atom is 0.190 e. The van der Waals surface area contributed by atoms with Crippen LogP contribution in [0.25, 0.3) is 22.4 Å². The molecular formula is C26H20N2OS. The highest BCUT2D eigenvalue weighted by Crippen LogP contribution is 2.24. The first kappa shape index (κ1) is 18.4. The molecule has 0 saturated carbocycles. The van der Waals surface area contributed by atoms with Crippen molar-refractivity contribution >= 4 is 17.0 Å². The minimum absolute atomic E-state index is 0.641. The summed E-state index contributed by atoms with van der Waals surface area (Å²) in [6.45, 7) is 0.641. The second-order valence-corrected chi connectivity index (χ2v) is 7.80. The van der Waals surface area contributed by atoms with Crippen LogP contribution in [-0.4, -0.2) is 4.57 Å². The van der Waals surface area contributed by atoms with Crippen LogP contribution in [0.5, 0.6) is 0 Å². The van der Waals surface area contributed by atoms with Crippen LogP contribution in [0.1, 0.15) is 5.76 Å². The Morgan fingerprint density at radius 2 is 1.37 bits per heavy atom. The van der Waals surface area contributed by atoms with E-state index in [-0.39, 0.29) is 0 Å². The van der Waals surface area contributed by atoms with E-state index in [1.807, 2.05) is 24.3 Å². The first-order chi connectivity index (χ1) is 14.9. The van der Waals surface area contributed by atoms with E-state index >= 15 is 0 Å². The van der Waals surface area contributed by atoms with Crippen LogP contribution < -0.4 is 4.80 Å². The van der Waals surface area contributed by atoms with Gasteiger partial charge in [0.15, 0.2) is 4.80 Å². The van der Waals surface area contributed by atoms with Crippen molar-refractivity contribution in [3.8, 4) is 22.4 Å². The molecule has 0 unspecified atom stereocenters. The zero-order valence-corrected chi connectivity index (χ0v) is 17.1. The Kier molecular flexibility index (Phi) is 5.15. The average molecular weight is 409 g/mol. The van der Waals surface area contributed by atoms with Crippen LogP contribution in [-0.2, 0) is 6.54 Å². The molecule has 146 valence electrons. The van der Waals surface area contributed by atoms with Crippen molar-refractivity contribution in [2.75, 3.05) is 0 Å². The molecule has 0 spiro atoms. The molecule has 0 radical (unpaired) electrons. The number of nitrogens with zero attached hydrogens (tertiary/aromatic N) is 2. The monoisotopic (exact) mass is 408 g/mol. The van der Waals surface area contributed by atoms with Gasteiger partial charge in [-0.2, -0.15) is 0 Å². The van der Waals surface area contributed by atoms with Gasteiger partial charge in [-0.15, -0.1) is 11.3 Å². The van der Waals surface area contributed by atoms with Crippen LogP contribution in [0.4, 0.5) is 5.69 Å². The van der Waals surface area contributed by atoms with Gasteiger partial charge in [0.25, 0.3) is 0 Å². The topological polar surface area (TPSA) is 30.4 Å². The standard InChI is InChI=1S/C26H20N2OS/c1-3-8-20(9-4-1)21-13-15-23(16-14-21)27-26-28(18-24-12-7-17-29-24)25(19-30-26)22-10-5-2-6-11-22/h1-17,19H,18H2. The fourth-order valence-corrected chi connectivity index (χ4v) is 4.37. The number of aromatic nitrogens is 1. The lowest BCUT2D eigenvalue weighted by atomic mass is 10.1. The molecule has 5 aromatic rings. The molecule has 0 N–H and O–H groups in total. The molecule has 0 saturated heterocycles. The molecule has 0 amide bonds. The number of thiazole rings is 1. The van der Waals surface area contributed by atoms with Gasteiger partial charge in [-0.25, -0.2) is 4.99 Å². The third kappa shape index (κ3) is 3.91. The molecule has 0 aliphatic rings. The van der Waals surface area contributed by atoms with Gasteiger partial charge < -0.3 is 8.98 Å². The zero-order valence-electron chi connectivity index (χ0n) is 16.3. The maximum atomic E-state index is 5.61. The predicted octanol–water partition coefficient (Wildman–Crippen LogP) is 6.76. The van der Waals surface area contributed by atoms with E-state index in [2.05, 4.69) is 82.7 Å². The molecule has 0 fully saturated rings. The van der Waals surface area contributed by atoms with Gasteiger partial charge in [0.2, 0.25) is 0 Å². The fourth-order valence-electron chi connectivity index (χ4n) is 3.44. The highest BCUT2D eigenvalue weighted by atomic mass is 32.1. The van der Waals surface area contributed by atoms with Crippen LogP contribution in [0, 0.1) is 0 Å². The molecule has 0 atom stereocenters. The lowest BCUT2D eigenvalue weighted by Gasteiger charge is -2.08. The van der Waals surface area contributed by atoms with E-state index in [1.54, 1.807) is 17.6 Å². The van der Waals surface area contributed by atoms with Crippen molar-refractivity contribution in [3.63, 3.8) is 0 Å². The summed E-state index contributed by atoms with van der Waals surface area (Å²) in [6.07, 6.45) is 1.71. The quantitative estimate of drug-likeness (QED) is 0.316. The van der Waals surface area contributed by atoms with Gasteiger partial charge in [-0.1, -0.05) is 72.8 Å². The summed E-state index contributed by atoms with van der Waals surface area (Å²) in [5.41, 5.74) is 5.63. The van der Waals surface area contributed by atoms with Crippen molar-refractivity contribution < 1.29 is 4.42 Å². The summed E-state index contributed by atoms with van der Waals surface area (Å²) in [4.78, 5) is 5.88. The Hall–Kier alpha value is -3.63. The minimum atomic E-state index is 0.641. The third-order valence-corrected chi connectivity index (χ3v) is 5.82. The molecule has 5 rings (SSSR count). The number of furan rings is 1. The maximum absolute atomic E-state index is 5.61. The van der Waals surface area contributed by atoms with Crippen molar-refractivity contribution in [2.45, 2.75) is 6.54 Å². The summed E-state index contributed by atoms with van der Waals surface area (Å²) in [7, 11) is 0. The predicted molar refractivity (Wildman–Crippen MR) is 123 cm³/mol. The largest absolute Gasteiger partial charge is 0.467 e. The molecule has 30 heavy (non-hydrogen) atoms. The van der Waals surface area contributed by atoms with Crippen LogP contribution in [0.2, 0.25) is 0 Å². The summed E-state index contributed by atoms with van der Waals surface area (Å²) in [6, 6.07) is 33.1. The van der Waals surface area contributed by atoms with E-state index in [9.17, 15) is 0 Å². The summed E-state index contributed by atoms with van der Waals surface area (Å²) < 4.78 is 7.82. The van der Waals surface area contributed by atoms with E-state index < -0.39 is 0 Å². The second-order valence-electron chi connectivity index (χ2n) is 6.96. The molecule has 0 aliphatic heterocycles. The van der Waals surface area contributed by atoms with Crippen molar-refractivity contribution in [1.82, 2.24) is 4.57 Å². The van der Waals surface area contributed by atoms with Gasteiger partial charge in [0.05, 0.1) is 24.2 Å². The summed E-state index contributed by atoms with van der Waals surface area (Å²) in [5, 5.41) is 2.16. The van der Waals surface area contributed by atoms with Gasteiger partial charge >= 0.3 is 0 Å². The second kappa shape index (κ2) is 8.39. The molecule has 3 nitrogen and oxygen atoms in total. The van der Waals surface area contributed by atoms with Crippen LogP contribution in [0.3, 0.4) is 0 Å². The van der Waals surface area contributed by atoms with E-state index in [1.165, 1.54) is 16.7 Å². The third-order valence-electron chi connectivity index (χ3n) is 4.96. The molecule has 3 aromatic carbocycles. The number of benzene rings is 3. The van der Waals surface area contributed by atoms with Crippen LogP contribution >= 0.6 is 11.3 Å². The van der Waals surface area contributed by atoms with Crippen LogP contribution in [0.15, 0.2) is 118 Å². The lowest BCUT2D eigenvalue weighted by Crippen LogP contribution is -2.16. The Labute approximate surface area is 179 Å².